The molecule has 2 aliphatic rings. The van der Waals surface area contributed by atoms with E-state index in [4.69, 9.17) is 11.6 Å². The van der Waals surface area contributed by atoms with Gasteiger partial charge in [0.15, 0.2) is 0 Å². The minimum atomic E-state index is 0.0805. The van der Waals surface area contributed by atoms with E-state index in [1.54, 1.807) is 0 Å². The van der Waals surface area contributed by atoms with Crippen molar-refractivity contribution >= 4 is 39.1 Å². The molecule has 0 aromatic carbocycles. The zero-order valence-corrected chi connectivity index (χ0v) is 12.4. The summed E-state index contributed by atoms with van der Waals surface area (Å²) in [6.07, 6.45) is 3.35. The van der Waals surface area contributed by atoms with Crippen LogP contribution in [0.5, 0.6) is 0 Å². The maximum Gasteiger partial charge on any atom is 0.270 e. The van der Waals surface area contributed by atoms with Crippen molar-refractivity contribution in [3.63, 3.8) is 0 Å². The van der Waals surface area contributed by atoms with E-state index in [9.17, 15) is 4.79 Å². The lowest BCUT2D eigenvalue weighted by atomic mass is 10.2. The number of H-pyrrole nitrogens is 1. The number of aromatic amines is 1. The Morgan fingerprint density at radius 2 is 2.20 bits per heavy atom. The number of hydrogen-bond acceptors (Lipinski definition) is 3. The van der Waals surface area contributed by atoms with E-state index >= 15 is 0 Å². The number of thiophene rings is 1. The highest BCUT2D eigenvalue weighted by Gasteiger charge is 2.27. The van der Waals surface area contributed by atoms with E-state index < -0.39 is 0 Å². The Morgan fingerprint density at radius 3 is 3.05 bits per heavy atom. The number of aromatic nitrogens is 1. The second-order valence-corrected chi connectivity index (χ2v) is 6.92. The summed E-state index contributed by atoms with van der Waals surface area (Å²) in [6.45, 7) is 3.57. The Bertz CT molecular complexity index is 686. The second-order valence-electron chi connectivity index (χ2n) is 5.21. The van der Waals surface area contributed by atoms with E-state index in [0.29, 0.717) is 5.69 Å². The lowest BCUT2D eigenvalue weighted by Gasteiger charge is -2.35. The summed E-state index contributed by atoms with van der Waals surface area (Å²) in [5.41, 5.74) is 2.90. The summed E-state index contributed by atoms with van der Waals surface area (Å²) < 4.78 is 1.78. The van der Waals surface area contributed by atoms with Crippen LogP contribution in [0.15, 0.2) is 23.9 Å². The number of halogens is 1. The maximum atomic E-state index is 12.6. The standard InChI is InChI=1S/C14H14ClN3OS/c15-13-7-10-12(20-13)6-11(16-10)14(19)18-5-4-17-3-1-2-9(17)8-18/h2,6-7,16H,1,3-5,8H2. The van der Waals surface area contributed by atoms with Gasteiger partial charge >= 0.3 is 0 Å². The van der Waals surface area contributed by atoms with Gasteiger partial charge in [0.05, 0.1) is 21.1 Å². The van der Waals surface area contributed by atoms with Gasteiger partial charge in [0.25, 0.3) is 5.91 Å². The van der Waals surface area contributed by atoms with Crippen LogP contribution >= 0.6 is 22.9 Å². The number of carbonyl (C=O) groups is 1. The molecule has 2 aromatic heterocycles. The molecule has 0 atom stereocenters. The SMILES string of the molecule is O=C(c1cc2sc(Cl)cc2[nH]1)N1CCN2CCC=C2C1. The maximum absolute atomic E-state index is 12.6. The molecule has 0 unspecified atom stereocenters. The molecule has 0 aliphatic carbocycles. The van der Waals surface area contributed by atoms with Crippen LogP contribution in [-0.2, 0) is 0 Å². The molecule has 2 aliphatic heterocycles. The fourth-order valence-electron chi connectivity index (χ4n) is 2.95. The molecule has 20 heavy (non-hydrogen) atoms. The van der Waals surface area contributed by atoms with Crippen molar-refractivity contribution in [1.82, 2.24) is 14.8 Å². The topological polar surface area (TPSA) is 39.3 Å². The van der Waals surface area contributed by atoms with Crippen LogP contribution in [0.25, 0.3) is 10.2 Å². The van der Waals surface area contributed by atoms with Gasteiger partial charge in [-0.05, 0) is 18.6 Å². The van der Waals surface area contributed by atoms with Crippen molar-refractivity contribution in [2.75, 3.05) is 26.2 Å². The Morgan fingerprint density at radius 1 is 1.30 bits per heavy atom. The number of rotatable bonds is 1. The van der Waals surface area contributed by atoms with Crippen LogP contribution in [0.4, 0.5) is 0 Å². The number of piperazine rings is 1. The minimum absolute atomic E-state index is 0.0805. The molecule has 0 saturated carbocycles. The van der Waals surface area contributed by atoms with E-state index in [1.165, 1.54) is 17.0 Å². The largest absolute Gasteiger partial charge is 0.372 e. The van der Waals surface area contributed by atoms with Gasteiger partial charge in [-0.1, -0.05) is 17.7 Å². The Kier molecular flexibility index (Phi) is 2.79. The Labute approximate surface area is 125 Å². The van der Waals surface area contributed by atoms with Crippen LogP contribution in [0, 0.1) is 0 Å². The molecular weight excluding hydrogens is 294 g/mol. The zero-order chi connectivity index (χ0) is 13.7. The first-order valence-electron chi connectivity index (χ1n) is 6.72. The van der Waals surface area contributed by atoms with Crippen molar-refractivity contribution in [3.8, 4) is 0 Å². The number of fused-ring (bicyclic) bond motifs is 2. The van der Waals surface area contributed by atoms with E-state index in [2.05, 4.69) is 16.0 Å². The highest BCUT2D eigenvalue weighted by Crippen LogP contribution is 2.30. The fraction of sp³-hybridized carbons (Fsp3) is 0.357. The third-order valence-electron chi connectivity index (χ3n) is 3.97. The molecule has 2 aromatic rings. The average Bonchev–Trinajstić information content (AvgIpc) is 3.09. The molecule has 4 heterocycles. The number of nitrogens with one attached hydrogen (secondary N) is 1. The predicted molar refractivity (Wildman–Crippen MR) is 81.4 cm³/mol. The summed E-state index contributed by atoms with van der Waals surface area (Å²) in [5, 5.41) is 0. The quantitative estimate of drug-likeness (QED) is 0.880. The molecule has 4 rings (SSSR count). The normalized spacial score (nSPS) is 18.6. The third-order valence-corrected chi connectivity index (χ3v) is 5.18. The molecule has 1 saturated heterocycles. The van der Waals surface area contributed by atoms with E-state index in [1.807, 2.05) is 17.0 Å². The van der Waals surface area contributed by atoms with Crippen LogP contribution < -0.4 is 0 Å². The first kappa shape index (κ1) is 12.3. The molecule has 0 spiro atoms. The molecule has 4 nitrogen and oxygen atoms in total. The predicted octanol–water partition coefficient (Wildman–Crippen LogP) is 2.93. The van der Waals surface area contributed by atoms with Gasteiger partial charge < -0.3 is 14.8 Å². The Balaban J connectivity index is 1.58. The molecule has 1 fully saturated rings. The van der Waals surface area contributed by atoms with Crippen molar-refractivity contribution in [1.29, 1.82) is 0 Å². The van der Waals surface area contributed by atoms with Crippen LogP contribution in [0.2, 0.25) is 4.34 Å². The summed E-state index contributed by atoms with van der Waals surface area (Å²) >= 11 is 7.45. The first-order valence-corrected chi connectivity index (χ1v) is 7.91. The van der Waals surface area contributed by atoms with Crippen molar-refractivity contribution in [2.45, 2.75) is 6.42 Å². The van der Waals surface area contributed by atoms with Crippen LogP contribution in [0.1, 0.15) is 16.9 Å². The second kappa shape index (κ2) is 4.53. The van der Waals surface area contributed by atoms with Crippen LogP contribution in [0.3, 0.4) is 0 Å². The van der Waals surface area contributed by atoms with Gasteiger partial charge in [-0.25, -0.2) is 0 Å². The summed E-state index contributed by atoms with van der Waals surface area (Å²) in [6, 6.07) is 3.78. The fourth-order valence-corrected chi connectivity index (χ4v) is 4.09. The van der Waals surface area contributed by atoms with Crippen molar-refractivity contribution < 1.29 is 4.79 Å². The van der Waals surface area contributed by atoms with Crippen molar-refractivity contribution in [2.24, 2.45) is 0 Å². The van der Waals surface area contributed by atoms with Gasteiger partial charge in [0, 0.05) is 25.3 Å². The number of nitrogens with zero attached hydrogens (tertiary/aromatic N) is 2. The van der Waals surface area contributed by atoms with Gasteiger partial charge in [0.1, 0.15) is 5.69 Å². The monoisotopic (exact) mass is 307 g/mol. The van der Waals surface area contributed by atoms with Gasteiger partial charge in [-0.2, -0.15) is 0 Å². The summed E-state index contributed by atoms with van der Waals surface area (Å²) in [7, 11) is 0. The third kappa shape index (κ3) is 1.93. The summed E-state index contributed by atoms with van der Waals surface area (Å²) in [5.74, 6) is 0.0805. The lowest BCUT2D eigenvalue weighted by molar-refractivity contribution is 0.0703. The summed E-state index contributed by atoms with van der Waals surface area (Å²) in [4.78, 5) is 20.0. The molecule has 6 heteroatoms. The number of hydrogen-bond donors (Lipinski definition) is 1. The lowest BCUT2D eigenvalue weighted by Crippen LogP contribution is -2.46. The zero-order valence-electron chi connectivity index (χ0n) is 10.9. The van der Waals surface area contributed by atoms with Gasteiger partial charge in [0.2, 0.25) is 0 Å². The van der Waals surface area contributed by atoms with Crippen LogP contribution in [-0.4, -0.2) is 46.9 Å². The minimum Gasteiger partial charge on any atom is -0.372 e. The highest BCUT2D eigenvalue weighted by atomic mass is 35.5. The molecule has 104 valence electrons. The molecule has 1 amide bonds. The van der Waals surface area contributed by atoms with E-state index in [-0.39, 0.29) is 5.91 Å². The molecule has 1 N–H and O–H groups in total. The smallest absolute Gasteiger partial charge is 0.270 e. The van der Waals surface area contributed by atoms with Gasteiger partial charge in [-0.3, -0.25) is 4.79 Å². The average molecular weight is 308 g/mol. The van der Waals surface area contributed by atoms with E-state index in [0.717, 1.165) is 47.2 Å². The van der Waals surface area contributed by atoms with Gasteiger partial charge in [-0.15, -0.1) is 11.3 Å². The molecule has 0 radical (unpaired) electrons. The molecule has 0 bridgehead atoms. The first-order chi connectivity index (χ1) is 9.70. The Hall–Kier alpha value is -1.46. The van der Waals surface area contributed by atoms with Crippen molar-refractivity contribution in [3.05, 3.63) is 33.9 Å². The number of carbonyl (C=O) groups excluding carboxylic acids is 1. The number of amides is 1. The molecular formula is C14H14ClN3OS. The highest BCUT2D eigenvalue weighted by molar-refractivity contribution is 7.22.